The standard InChI is InChI=1S/C12H23IN2/c1-3-15-12(8-9-13)7-5-4-6-11(2)10-14/h3,7,11,15H,1,4-6,8-10,14H2,2H3/b12-7-/t11-/m0/s1. The first-order valence-electron chi connectivity index (χ1n) is 5.57. The monoisotopic (exact) mass is 322 g/mol. The van der Waals surface area contributed by atoms with Crippen LogP contribution < -0.4 is 11.1 Å². The molecule has 0 aromatic carbocycles. The van der Waals surface area contributed by atoms with Crippen LogP contribution in [-0.2, 0) is 0 Å². The van der Waals surface area contributed by atoms with Crippen LogP contribution in [0.5, 0.6) is 0 Å². The van der Waals surface area contributed by atoms with Crippen LogP contribution in [0.2, 0.25) is 0 Å². The second kappa shape index (κ2) is 10.5. The number of unbranched alkanes of at least 4 members (excludes halogenated alkanes) is 1. The quantitative estimate of drug-likeness (QED) is 0.389. The third-order valence-electron chi connectivity index (χ3n) is 2.35. The molecule has 0 rings (SSSR count). The van der Waals surface area contributed by atoms with Gasteiger partial charge >= 0.3 is 0 Å². The van der Waals surface area contributed by atoms with Gasteiger partial charge < -0.3 is 11.1 Å². The molecule has 0 aliphatic heterocycles. The molecule has 0 amide bonds. The van der Waals surface area contributed by atoms with Crippen molar-refractivity contribution in [2.24, 2.45) is 11.7 Å². The van der Waals surface area contributed by atoms with Crippen molar-refractivity contribution >= 4 is 22.6 Å². The lowest BCUT2D eigenvalue weighted by Gasteiger charge is -2.07. The van der Waals surface area contributed by atoms with Crippen LogP contribution in [0.15, 0.2) is 24.6 Å². The fourth-order valence-corrected chi connectivity index (χ4v) is 1.91. The van der Waals surface area contributed by atoms with E-state index in [0.717, 1.165) is 23.8 Å². The van der Waals surface area contributed by atoms with Crippen molar-refractivity contribution in [2.75, 3.05) is 11.0 Å². The highest BCUT2D eigenvalue weighted by Gasteiger charge is 1.98. The van der Waals surface area contributed by atoms with Gasteiger partial charge in [0.2, 0.25) is 0 Å². The van der Waals surface area contributed by atoms with Crippen LogP contribution in [0.1, 0.15) is 32.6 Å². The molecule has 3 N–H and O–H groups in total. The van der Waals surface area contributed by atoms with Crippen LogP contribution in [0, 0.1) is 5.92 Å². The molecule has 0 unspecified atom stereocenters. The number of hydrogen-bond acceptors (Lipinski definition) is 2. The van der Waals surface area contributed by atoms with Gasteiger partial charge in [0.25, 0.3) is 0 Å². The van der Waals surface area contributed by atoms with Gasteiger partial charge in [0.1, 0.15) is 0 Å². The average Bonchev–Trinajstić information content (AvgIpc) is 2.24. The van der Waals surface area contributed by atoms with E-state index >= 15 is 0 Å². The SMILES string of the molecule is C=CN/C(=C\CCC[C@H](C)CN)CCI. The summed E-state index contributed by atoms with van der Waals surface area (Å²) in [7, 11) is 0. The second-order valence-corrected chi connectivity index (χ2v) is 4.87. The second-order valence-electron chi connectivity index (χ2n) is 3.79. The maximum absolute atomic E-state index is 5.57. The van der Waals surface area contributed by atoms with Gasteiger partial charge in [0.15, 0.2) is 0 Å². The lowest BCUT2D eigenvalue weighted by Crippen LogP contribution is -2.10. The van der Waals surface area contributed by atoms with Gasteiger partial charge in [-0.3, -0.25) is 0 Å². The zero-order valence-electron chi connectivity index (χ0n) is 9.64. The summed E-state index contributed by atoms with van der Waals surface area (Å²) in [5.41, 5.74) is 6.86. The molecule has 0 aliphatic carbocycles. The first-order valence-corrected chi connectivity index (χ1v) is 7.09. The predicted octanol–water partition coefficient (Wildman–Crippen LogP) is 3.19. The Bertz CT molecular complexity index is 190. The topological polar surface area (TPSA) is 38.0 Å². The van der Waals surface area contributed by atoms with Crippen molar-refractivity contribution in [1.82, 2.24) is 5.32 Å². The molecule has 0 aromatic heterocycles. The van der Waals surface area contributed by atoms with Gasteiger partial charge in [0.05, 0.1) is 0 Å². The van der Waals surface area contributed by atoms with Crippen molar-refractivity contribution < 1.29 is 0 Å². The Balaban J connectivity index is 3.73. The molecule has 0 bridgehead atoms. The van der Waals surface area contributed by atoms with Gasteiger partial charge in [-0.05, 0) is 44.3 Å². The van der Waals surface area contributed by atoms with Crippen molar-refractivity contribution in [2.45, 2.75) is 32.6 Å². The Morgan fingerprint density at radius 2 is 2.33 bits per heavy atom. The molecule has 0 radical (unpaired) electrons. The van der Waals surface area contributed by atoms with Gasteiger partial charge in [-0.25, -0.2) is 0 Å². The highest BCUT2D eigenvalue weighted by molar-refractivity contribution is 14.1. The summed E-state index contributed by atoms with van der Waals surface area (Å²) in [5, 5.41) is 3.18. The number of rotatable bonds is 9. The molecule has 0 heterocycles. The normalized spacial score (nSPS) is 13.7. The van der Waals surface area contributed by atoms with Gasteiger partial charge in [0, 0.05) is 10.1 Å². The number of alkyl halides is 1. The van der Waals surface area contributed by atoms with Crippen molar-refractivity contribution in [3.8, 4) is 0 Å². The molecule has 0 spiro atoms. The van der Waals surface area contributed by atoms with Gasteiger partial charge in [-0.2, -0.15) is 0 Å². The zero-order chi connectivity index (χ0) is 11.5. The Morgan fingerprint density at radius 3 is 2.87 bits per heavy atom. The fraction of sp³-hybridized carbons (Fsp3) is 0.667. The van der Waals surface area contributed by atoms with E-state index in [1.54, 1.807) is 6.20 Å². The number of halogens is 1. The zero-order valence-corrected chi connectivity index (χ0v) is 11.8. The highest BCUT2D eigenvalue weighted by Crippen LogP contribution is 2.09. The van der Waals surface area contributed by atoms with Crippen LogP contribution in [0.3, 0.4) is 0 Å². The molecular formula is C12H23IN2. The van der Waals surface area contributed by atoms with Crippen molar-refractivity contribution in [3.05, 3.63) is 24.6 Å². The van der Waals surface area contributed by atoms with Crippen molar-refractivity contribution in [3.63, 3.8) is 0 Å². The van der Waals surface area contributed by atoms with Crippen LogP contribution in [-0.4, -0.2) is 11.0 Å². The highest BCUT2D eigenvalue weighted by atomic mass is 127. The number of hydrogen-bond donors (Lipinski definition) is 2. The van der Waals surface area contributed by atoms with E-state index in [0.29, 0.717) is 5.92 Å². The molecule has 3 heteroatoms. The number of allylic oxidation sites excluding steroid dienone is 2. The molecule has 15 heavy (non-hydrogen) atoms. The summed E-state index contributed by atoms with van der Waals surface area (Å²) in [5.74, 6) is 0.652. The van der Waals surface area contributed by atoms with Crippen LogP contribution >= 0.6 is 22.6 Å². The van der Waals surface area contributed by atoms with E-state index in [1.807, 2.05) is 0 Å². The number of nitrogens with one attached hydrogen (secondary N) is 1. The van der Waals surface area contributed by atoms with Gasteiger partial charge in [-0.1, -0.05) is 42.2 Å². The first-order chi connectivity index (χ1) is 7.24. The summed E-state index contributed by atoms with van der Waals surface area (Å²) in [4.78, 5) is 0. The predicted molar refractivity (Wildman–Crippen MR) is 77.0 cm³/mol. The molecule has 0 aromatic rings. The van der Waals surface area contributed by atoms with E-state index in [4.69, 9.17) is 5.73 Å². The summed E-state index contributed by atoms with van der Waals surface area (Å²) in [6, 6.07) is 0. The Morgan fingerprint density at radius 1 is 1.60 bits per heavy atom. The Kier molecular flexibility index (Phi) is 10.5. The first kappa shape index (κ1) is 15.0. The lowest BCUT2D eigenvalue weighted by molar-refractivity contribution is 0.523. The molecule has 0 saturated carbocycles. The third kappa shape index (κ3) is 8.93. The molecule has 0 saturated heterocycles. The van der Waals surface area contributed by atoms with E-state index in [2.05, 4.69) is 47.5 Å². The largest absolute Gasteiger partial charge is 0.366 e. The summed E-state index contributed by atoms with van der Waals surface area (Å²) >= 11 is 2.39. The molecular weight excluding hydrogens is 299 g/mol. The fourth-order valence-electron chi connectivity index (χ4n) is 1.33. The van der Waals surface area contributed by atoms with E-state index in [-0.39, 0.29) is 0 Å². The summed E-state index contributed by atoms with van der Waals surface area (Å²) in [6.45, 7) is 6.69. The van der Waals surface area contributed by atoms with E-state index in [1.165, 1.54) is 18.5 Å². The maximum atomic E-state index is 5.57. The summed E-state index contributed by atoms with van der Waals surface area (Å²) < 4.78 is 1.14. The van der Waals surface area contributed by atoms with Gasteiger partial charge in [-0.15, -0.1) is 0 Å². The maximum Gasteiger partial charge on any atom is 0.0113 e. The minimum atomic E-state index is 0.652. The van der Waals surface area contributed by atoms with Crippen molar-refractivity contribution in [1.29, 1.82) is 0 Å². The van der Waals surface area contributed by atoms with E-state index in [9.17, 15) is 0 Å². The Labute approximate surface area is 108 Å². The molecule has 0 fully saturated rings. The average molecular weight is 322 g/mol. The van der Waals surface area contributed by atoms with E-state index < -0.39 is 0 Å². The van der Waals surface area contributed by atoms with Crippen LogP contribution in [0.4, 0.5) is 0 Å². The minimum Gasteiger partial charge on any atom is -0.366 e. The molecule has 0 aliphatic rings. The summed E-state index contributed by atoms with van der Waals surface area (Å²) in [6.07, 6.45) is 8.71. The minimum absolute atomic E-state index is 0.652. The van der Waals surface area contributed by atoms with Crippen LogP contribution in [0.25, 0.3) is 0 Å². The third-order valence-corrected chi connectivity index (χ3v) is 2.88. The molecule has 2 nitrogen and oxygen atoms in total. The molecule has 1 atom stereocenters. The Hall–Kier alpha value is -0.0300. The lowest BCUT2D eigenvalue weighted by atomic mass is 10.0. The smallest absolute Gasteiger partial charge is 0.0113 e. The molecule has 88 valence electrons. The number of nitrogens with two attached hydrogens (primary N) is 1.